The quantitative estimate of drug-likeness (QED) is 0.284. The average molecular weight is 501 g/mol. The Bertz CT molecular complexity index is 1470. The second-order valence-corrected chi connectivity index (χ2v) is 9.35. The van der Waals surface area contributed by atoms with Crippen molar-refractivity contribution in [2.45, 2.75) is 11.8 Å². The number of amides is 2. The minimum atomic E-state index is -0.820. The van der Waals surface area contributed by atoms with E-state index in [-0.39, 0.29) is 18.4 Å². The Morgan fingerprint density at radius 2 is 1.13 bits per heavy atom. The van der Waals surface area contributed by atoms with E-state index in [0.29, 0.717) is 6.04 Å². The number of fused-ring (bicyclic) bond motifs is 6. The topological polar surface area (TPSA) is 55.8 Å². The number of imide groups is 1. The lowest BCUT2D eigenvalue weighted by atomic mass is 9.88. The van der Waals surface area contributed by atoms with Crippen LogP contribution in [0.1, 0.15) is 34.1 Å². The van der Waals surface area contributed by atoms with Crippen LogP contribution < -0.4 is 0 Å². The number of carbonyl (C=O) groups excluding carboxylic acids is 2. The van der Waals surface area contributed by atoms with E-state index in [2.05, 4.69) is 30.8 Å². The first kappa shape index (κ1) is 23.7. The molecule has 0 bridgehead atoms. The minimum Gasteiger partial charge on any atom is -0.452 e. The lowest BCUT2D eigenvalue weighted by Crippen LogP contribution is -2.42. The van der Waals surface area contributed by atoms with Gasteiger partial charge in [0.1, 0.15) is 12.6 Å². The summed E-state index contributed by atoms with van der Waals surface area (Å²) in [4.78, 5) is 27.7. The summed E-state index contributed by atoms with van der Waals surface area (Å²) in [6.07, 6.45) is -0.0727. The van der Waals surface area contributed by atoms with Gasteiger partial charge in [-0.3, -0.25) is 0 Å². The molecule has 4 aromatic rings. The molecule has 0 aliphatic heterocycles. The van der Waals surface area contributed by atoms with Crippen LogP contribution in [0.2, 0.25) is 0 Å². The zero-order valence-corrected chi connectivity index (χ0v) is 21.0. The number of nitrogens with zero attached hydrogens (tertiary/aromatic N) is 1. The van der Waals surface area contributed by atoms with Crippen LogP contribution in [-0.2, 0) is 9.47 Å². The summed E-state index contributed by atoms with van der Waals surface area (Å²) in [6.45, 7) is 4.06. The smallest absolute Gasteiger partial charge is 0.420 e. The Kier molecular flexibility index (Phi) is 6.04. The first-order chi connectivity index (χ1) is 18.6. The molecule has 2 amide bonds. The molecule has 6 rings (SSSR count). The van der Waals surface area contributed by atoms with Crippen LogP contribution in [0.4, 0.5) is 9.59 Å². The highest BCUT2D eigenvalue weighted by Gasteiger charge is 2.42. The van der Waals surface area contributed by atoms with E-state index in [9.17, 15) is 9.59 Å². The van der Waals surface area contributed by atoms with Gasteiger partial charge in [0.05, 0.1) is 7.11 Å². The number of hydrogen-bond donors (Lipinski definition) is 0. The number of ether oxygens (including phenoxy) is 2. The zero-order valence-electron chi connectivity index (χ0n) is 21.0. The van der Waals surface area contributed by atoms with Crippen molar-refractivity contribution in [3.8, 4) is 22.3 Å². The van der Waals surface area contributed by atoms with Gasteiger partial charge in [0, 0.05) is 11.8 Å². The molecule has 0 atom stereocenters. The number of rotatable bonds is 5. The fourth-order valence-corrected chi connectivity index (χ4v) is 5.85. The van der Waals surface area contributed by atoms with Gasteiger partial charge in [-0.15, -0.1) is 6.58 Å². The predicted molar refractivity (Wildman–Crippen MR) is 146 cm³/mol. The van der Waals surface area contributed by atoms with Crippen LogP contribution in [-0.4, -0.2) is 30.8 Å². The second kappa shape index (κ2) is 9.67. The summed E-state index contributed by atoms with van der Waals surface area (Å²) in [5, 5.41) is 0. The molecule has 0 unspecified atom stereocenters. The van der Waals surface area contributed by atoms with E-state index in [1.54, 1.807) is 6.08 Å². The molecular formula is C33H26NO4. The maximum atomic E-state index is 13.6. The highest BCUT2D eigenvalue weighted by Crippen LogP contribution is 2.50. The summed E-state index contributed by atoms with van der Waals surface area (Å²) in [5.74, 6) is -0.509. The third kappa shape index (κ3) is 3.70. The van der Waals surface area contributed by atoms with Crippen molar-refractivity contribution >= 4 is 12.2 Å². The maximum absolute atomic E-state index is 13.6. The van der Waals surface area contributed by atoms with E-state index in [1.807, 2.05) is 72.8 Å². The summed E-state index contributed by atoms with van der Waals surface area (Å²) >= 11 is 0. The van der Waals surface area contributed by atoms with Gasteiger partial charge in [0.25, 0.3) is 0 Å². The maximum Gasteiger partial charge on any atom is 0.420 e. The van der Waals surface area contributed by atoms with Crippen molar-refractivity contribution in [3.05, 3.63) is 138 Å². The standard InChI is InChI=1S/C33H26NO4/c1-3-30(31-27-18-10-8-14-23(27)24-15-9-11-19-28(24)31)34(32(35)37-2)33(36)38-20-29-25-16-6-4-12-21(25)22-13-5-7-17-26(22)29/h3-19,29,31H,1,20H2,2H3. The molecule has 0 saturated carbocycles. The van der Waals surface area contributed by atoms with Crippen molar-refractivity contribution in [1.29, 1.82) is 0 Å². The molecule has 38 heavy (non-hydrogen) atoms. The van der Waals surface area contributed by atoms with Crippen molar-refractivity contribution < 1.29 is 19.1 Å². The van der Waals surface area contributed by atoms with Crippen LogP contribution in [0.5, 0.6) is 0 Å². The number of hydrogen-bond acceptors (Lipinski definition) is 4. The van der Waals surface area contributed by atoms with E-state index in [0.717, 1.165) is 49.4 Å². The molecule has 2 aliphatic rings. The van der Waals surface area contributed by atoms with Crippen LogP contribution in [0.3, 0.4) is 0 Å². The average Bonchev–Trinajstić information content (AvgIpc) is 3.47. The van der Waals surface area contributed by atoms with E-state index in [1.165, 1.54) is 7.11 Å². The second-order valence-electron chi connectivity index (χ2n) is 9.35. The third-order valence-corrected chi connectivity index (χ3v) is 7.47. The lowest BCUT2D eigenvalue weighted by Gasteiger charge is -2.30. The van der Waals surface area contributed by atoms with Crippen molar-refractivity contribution in [3.63, 3.8) is 0 Å². The van der Waals surface area contributed by atoms with Gasteiger partial charge >= 0.3 is 12.2 Å². The van der Waals surface area contributed by atoms with Gasteiger partial charge in [-0.2, -0.15) is 4.90 Å². The van der Waals surface area contributed by atoms with Crippen molar-refractivity contribution in [1.82, 2.24) is 4.90 Å². The minimum absolute atomic E-state index is 0.0859. The molecule has 5 nitrogen and oxygen atoms in total. The first-order valence-corrected chi connectivity index (χ1v) is 12.5. The number of carbonyl (C=O) groups is 2. The predicted octanol–water partition coefficient (Wildman–Crippen LogP) is 7.53. The molecule has 0 N–H and O–H groups in total. The van der Waals surface area contributed by atoms with Gasteiger partial charge in [0.2, 0.25) is 0 Å². The molecule has 0 heterocycles. The largest absolute Gasteiger partial charge is 0.452 e. The highest BCUT2D eigenvalue weighted by molar-refractivity contribution is 5.92. The molecule has 0 spiro atoms. The highest BCUT2D eigenvalue weighted by atomic mass is 16.6. The lowest BCUT2D eigenvalue weighted by molar-refractivity contribution is 0.0875. The van der Waals surface area contributed by atoms with Crippen LogP contribution in [0.25, 0.3) is 22.3 Å². The Morgan fingerprint density at radius 3 is 1.58 bits per heavy atom. The Hall–Kier alpha value is -4.64. The van der Waals surface area contributed by atoms with Crippen molar-refractivity contribution in [2.75, 3.05) is 13.7 Å². The van der Waals surface area contributed by atoms with Gasteiger partial charge in [-0.25, -0.2) is 9.59 Å². The van der Waals surface area contributed by atoms with E-state index < -0.39 is 12.2 Å². The number of benzene rings is 4. The van der Waals surface area contributed by atoms with Crippen molar-refractivity contribution in [2.24, 2.45) is 0 Å². The van der Waals surface area contributed by atoms with Gasteiger partial charge in [-0.05, 0) is 44.5 Å². The Balaban J connectivity index is 1.33. The molecule has 2 aliphatic carbocycles. The summed E-state index contributed by atoms with van der Waals surface area (Å²) in [5.41, 5.74) is 8.55. The number of methoxy groups -OCH3 is 1. The normalized spacial score (nSPS) is 13.3. The Morgan fingerprint density at radius 1 is 0.711 bits per heavy atom. The molecule has 0 aromatic heterocycles. The van der Waals surface area contributed by atoms with E-state index >= 15 is 0 Å². The Labute approximate surface area is 221 Å². The third-order valence-electron chi connectivity index (χ3n) is 7.47. The summed E-state index contributed by atoms with van der Waals surface area (Å²) in [6, 6.07) is 32.6. The van der Waals surface area contributed by atoms with Gasteiger partial charge in [-0.1, -0.05) is 103 Å². The summed E-state index contributed by atoms with van der Waals surface area (Å²) < 4.78 is 10.9. The molecule has 187 valence electrons. The van der Waals surface area contributed by atoms with E-state index in [4.69, 9.17) is 9.47 Å². The molecule has 0 fully saturated rings. The molecule has 4 aromatic carbocycles. The van der Waals surface area contributed by atoms with Crippen LogP contribution in [0, 0.1) is 6.04 Å². The molecule has 1 radical (unpaired) electrons. The molecular weight excluding hydrogens is 474 g/mol. The van der Waals surface area contributed by atoms with Crippen LogP contribution >= 0.6 is 0 Å². The van der Waals surface area contributed by atoms with Gasteiger partial charge in [0.15, 0.2) is 0 Å². The molecule has 0 saturated heterocycles. The SMILES string of the molecule is C=C[C](C1c2ccccc2-c2ccccc21)N(C(=O)OC)C(=O)OCC1c2ccccc2-c2ccccc21. The van der Waals surface area contributed by atoms with Crippen LogP contribution in [0.15, 0.2) is 110 Å². The first-order valence-electron chi connectivity index (χ1n) is 12.5. The zero-order chi connectivity index (χ0) is 26.2. The monoisotopic (exact) mass is 500 g/mol. The van der Waals surface area contributed by atoms with Gasteiger partial charge < -0.3 is 9.47 Å². The fourth-order valence-electron chi connectivity index (χ4n) is 5.85. The fraction of sp³-hybridized carbons (Fsp3) is 0.121. The summed E-state index contributed by atoms with van der Waals surface area (Å²) in [7, 11) is 1.25. The molecule has 5 heteroatoms.